The summed E-state index contributed by atoms with van der Waals surface area (Å²) >= 11 is 0. The van der Waals surface area contributed by atoms with Crippen molar-refractivity contribution in [2.75, 3.05) is 13.2 Å². The minimum atomic E-state index is -0.674. The van der Waals surface area contributed by atoms with E-state index in [9.17, 15) is 14.7 Å². The first-order chi connectivity index (χ1) is 15.4. The van der Waals surface area contributed by atoms with Gasteiger partial charge in [-0.05, 0) is 43.2 Å². The van der Waals surface area contributed by atoms with Gasteiger partial charge in [0, 0.05) is 12.1 Å². The molecule has 0 bridgehead atoms. The van der Waals surface area contributed by atoms with E-state index in [4.69, 9.17) is 4.74 Å². The summed E-state index contributed by atoms with van der Waals surface area (Å²) in [5.74, 6) is -1.45. The minimum absolute atomic E-state index is 0.0156. The number of rotatable bonds is 6. The third-order valence-electron chi connectivity index (χ3n) is 5.70. The van der Waals surface area contributed by atoms with Crippen LogP contribution in [0.25, 0.3) is 16.5 Å². The van der Waals surface area contributed by atoms with Crippen LogP contribution in [-0.4, -0.2) is 41.0 Å². The Morgan fingerprint density at radius 2 is 1.75 bits per heavy atom. The van der Waals surface area contributed by atoms with Crippen LogP contribution >= 0.6 is 0 Å². The molecule has 1 saturated heterocycles. The van der Waals surface area contributed by atoms with Crippen molar-refractivity contribution in [1.29, 1.82) is 0 Å². The summed E-state index contributed by atoms with van der Waals surface area (Å²) in [6.07, 6.45) is 0.0156. The molecule has 1 N–H and O–H groups in total. The van der Waals surface area contributed by atoms with Crippen LogP contribution in [0, 0.1) is 6.92 Å². The molecule has 5 heteroatoms. The quantitative estimate of drug-likeness (QED) is 0.340. The number of aliphatic hydroxyl groups excluding tert-OH is 1. The standard InChI is InChI=1S/C27H27NO4/c1-17(2)32-14-13-28-24(21-10-6-7-18(3)15-21)23(26(30)27(28)31)25(29)22-12-11-19-8-4-5-9-20(19)16-22/h4-12,15-17,24,29H,13-14H2,1-3H3/b25-23-. The first-order valence-electron chi connectivity index (χ1n) is 10.8. The van der Waals surface area contributed by atoms with Crippen LogP contribution in [0.15, 0.2) is 72.3 Å². The zero-order valence-electron chi connectivity index (χ0n) is 18.5. The normalized spacial score (nSPS) is 18.1. The topological polar surface area (TPSA) is 66.8 Å². The predicted octanol–water partition coefficient (Wildman–Crippen LogP) is 4.99. The zero-order chi connectivity index (χ0) is 22.8. The van der Waals surface area contributed by atoms with Crippen molar-refractivity contribution in [3.8, 4) is 0 Å². The van der Waals surface area contributed by atoms with Crippen LogP contribution in [-0.2, 0) is 14.3 Å². The molecule has 0 saturated carbocycles. The van der Waals surface area contributed by atoms with Gasteiger partial charge in [-0.15, -0.1) is 0 Å². The molecular formula is C27H27NO4. The van der Waals surface area contributed by atoms with E-state index in [1.54, 1.807) is 6.07 Å². The van der Waals surface area contributed by atoms with E-state index >= 15 is 0 Å². The molecule has 4 rings (SSSR count). The summed E-state index contributed by atoms with van der Waals surface area (Å²) in [5, 5.41) is 13.2. The second-order valence-corrected chi connectivity index (χ2v) is 8.39. The molecule has 1 heterocycles. The Hall–Kier alpha value is -3.44. The van der Waals surface area contributed by atoms with E-state index in [1.165, 1.54) is 4.90 Å². The number of hydrogen-bond donors (Lipinski definition) is 1. The Morgan fingerprint density at radius 1 is 1.00 bits per heavy atom. The molecule has 0 spiro atoms. The monoisotopic (exact) mass is 429 g/mol. The smallest absolute Gasteiger partial charge is 0.295 e. The van der Waals surface area contributed by atoms with Crippen molar-refractivity contribution in [3.05, 3.63) is 89.0 Å². The van der Waals surface area contributed by atoms with E-state index < -0.39 is 17.7 Å². The number of aliphatic hydroxyl groups is 1. The van der Waals surface area contributed by atoms with Crippen molar-refractivity contribution in [2.24, 2.45) is 0 Å². The largest absolute Gasteiger partial charge is 0.507 e. The lowest BCUT2D eigenvalue weighted by Gasteiger charge is -2.26. The molecular weight excluding hydrogens is 402 g/mol. The van der Waals surface area contributed by atoms with E-state index in [0.717, 1.165) is 21.9 Å². The summed E-state index contributed by atoms with van der Waals surface area (Å²) in [6.45, 7) is 6.37. The number of fused-ring (bicyclic) bond motifs is 1. The van der Waals surface area contributed by atoms with E-state index in [0.29, 0.717) is 12.2 Å². The summed E-state index contributed by atoms with van der Waals surface area (Å²) in [7, 11) is 0. The van der Waals surface area contributed by atoms with Crippen molar-refractivity contribution in [3.63, 3.8) is 0 Å². The molecule has 5 nitrogen and oxygen atoms in total. The predicted molar refractivity (Wildman–Crippen MR) is 125 cm³/mol. The summed E-state index contributed by atoms with van der Waals surface area (Å²) in [5.41, 5.74) is 2.42. The fourth-order valence-electron chi connectivity index (χ4n) is 4.18. The van der Waals surface area contributed by atoms with Crippen molar-refractivity contribution in [2.45, 2.75) is 32.9 Å². The van der Waals surface area contributed by atoms with Gasteiger partial charge in [0.1, 0.15) is 5.76 Å². The van der Waals surface area contributed by atoms with Gasteiger partial charge < -0.3 is 14.7 Å². The van der Waals surface area contributed by atoms with Gasteiger partial charge in [-0.3, -0.25) is 9.59 Å². The number of carbonyl (C=O) groups is 2. The van der Waals surface area contributed by atoms with Gasteiger partial charge in [-0.2, -0.15) is 0 Å². The van der Waals surface area contributed by atoms with Gasteiger partial charge in [-0.25, -0.2) is 0 Å². The number of likely N-dealkylation sites (tertiary alicyclic amines) is 1. The number of nitrogens with zero attached hydrogens (tertiary/aromatic N) is 1. The number of hydrogen-bond acceptors (Lipinski definition) is 4. The van der Waals surface area contributed by atoms with Gasteiger partial charge >= 0.3 is 0 Å². The first kappa shape index (κ1) is 21.8. The van der Waals surface area contributed by atoms with Crippen LogP contribution < -0.4 is 0 Å². The fourth-order valence-corrected chi connectivity index (χ4v) is 4.18. The molecule has 3 aromatic carbocycles. The number of Topliss-reactive ketones (excluding diaryl/α,β-unsaturated/α-hetero) is 1. The fraction of sp³-hybridized carbons (Fsp3) is 0.259. The third kappa shape index (κ3) is 4.16. The summed E-state index contributed by atoms with van der Waals surface area (Å²) < 4.78 is 5.64. The number of aryl methyl sites for hydroxylation is 1. The van der Waals surface area contributed by atoms with Crippen LogP contribution in [0.5, 0.6) is 0 Å². The van der Waals surface area contributed by atoms with Gasteiger partial charge in [-0.1, -0.05) is 66.2 Å². The van der Waals surface area contributed by atoms with E-state index in [-0.39, 0.29) is 24.0 Å². The molecule has 1 amide bonds. The Labute approximate surface area is 187 Å². The molecule has 1 atom stereocenters. The Morgan fingerprint density at radius 3 is 2.47 bits per heavy atom. The van der Waals surface area contributed by atoms with Crippen molar-refractivity contribution >= 4 is 28.2 Å². The molecule has 0 aromatic heterocycles. The number of carbonyl (C=O) groups excluding carboxylic acids is 2. The summed E-state index contributed by atoms with van der Waals surface area (Å²) in [4.78, 5) is 27.6. The van der Waals surface area contributed by atoms with Crippen LogP contribution in [0.4, 0.5) is 0 Å². The molecule has 1 unspecified atom stereocenters. The lowest BCUT2D eigenvalue weighted by molar-refractivity contribution is -0.140. The Balaban J connectivity index is 1.82. The van der Waals surface area contributed by atoms with E-state index in [1.807, 2.05) is 81.4 Å². The molecule has 0 aliphatic carbocycles. The highest BCUT2D eigenvalue weighted by Crippen LogP contribution is 2.39. The average Bonchev–Trinajstić information content (AvgIpc) is 3.03. The summed E-state index contributed by atoms with van der Waals surface area (Å²) in [6, 6.07) is 20.3. The van der Waals surface area contributed by atoms with Gasteiger partial charge in [0.2, 0.25) is 0 Å². The average molecular weight is 430 g/mol. The van der Waals surface area contributed by atoms with Crippen LogP contribution in [0.1, 0.15) is 36.6 Å². The Kier molecular flexibility index (Phi) is 6.10. The number of benzene rings is 3. The Bertz CT molecular complexity index is 1210. The lowest BCUT2D eigenvalue weighted by atomic mass is 9.94. The zero-order valence-corrected chi connectivity index (χ0v) is 18.5. The molecule has 0 radical (unpaired) electrons. The maximum Gasteiger partial charge on any atom is 0.295 e. The third-order valence-corrected chi connectivity index (χ3v) is 5.70. The molecule has 3 aromatic rings. The number of amides is 1. The molecule has 1 fully saturated rings. The lowest BCUT2D eigenvalue weighted by Crippen LogP contribution is -2.33. The van der Waals surface area contributed by atoms with Crippen LogP contribution in [0.3, 0.4) is 0 Å². The van der Waals surface area contributed by atoms with E-state index in [2.05, 4.69) is 0 Å². The molecule has 1 aliphatic heterocycles. The maximum absolute atomic E-state index is 13.1. The SMILES string of the molecule is Cc1cccc(C2/C(=C(/O)c3ccc4ccccc4c3)C(=O)C(=O)N2CCOC(C)C)c1. The van der Waals surface area contributed by atoms with Crippen LogP contribution in [0.2, 0.25) is 0 Å². The number of ketones is 1. The molecule has 32 heavy (non-hydrogen) atoms. The first-order valence-corrected chi connectivity index (χ1v) is 10.8. The van der Waals surface area contributed by atoms with Gasteiger partial charge in [0.25, 0.3) is 11.7 Å². The second-order valence-electron chi connectivity index (χ2n) is 8.39. The van der Waals surface area contributed by atoms with Crippen molar-refractivity contribution < 1.29 is 19.4 Å². The van der Waals surface area contributed by atoms with Crippen molar-refractivity contribution in [1.82, 2.24) is 4.90 Å². The molecule has 1 aliphatic rings. The highest BCUT2D eigenvalue weighted by atomic mass is 16.5. The maximum atomic E-state index is 13.1. The highest BCUT2D eigenvalue weighted by Gasteiger charge is 2.45. The van der Waals surface area contributed by atoms with Gasteiger partial charge in [0.15, 0.2) is 0 Å². The minimum Gasteiger partial charge on any atom is -0.507 e. The highest BCUT2D eigenvalue weighted by molar-refractivity contribution is 6.46. The second kappa shape index (κ2) is 8.97. The molecule has 164 valence electrons. The number of ether oxygens (including phenoxy) is 1. The van der Waals surface area contributed by atoms with Gasteiger partial charge in [0.05, 0.1) is 24.3 Å².